The predicted molar refractivity (Wildman–Crippen MR) is 519 cm³/mol. The molecule has 1 aliphatic carbocycles. The number of pyridine rings is 2. The van der Waals surface area contributed by atoms with Crippen LogP contribution in [0.3, 0.4) is 0 Å². The van der Waals surface area contributed by atoms with Gasteiger partial charge in [0, 0.05) is 82.2 Å². The van der Waals surface area contributed by atoms with Crippen molar-refractivity contribution in [3.05, 3.63) is 399 Å². The number of nitrogens with zero attached hydrogens (tertiary/aromatic N) is 10. The van der Waals surface area contributed by atoms with Crippen molar-refractivity contribution in [2.45, 2.75) is 19.3 Å². The van der Waals surface area contributed by atoms with E-state index in [4.69, 9.17) is 38.7 Å². The van der Waals surface area contributed by atoms with Gasteiger partial charge < -0.3 is 0 Å². The van der Waals surface area contributed by atoms with Gasteiger partial charge in [0.15, 0.2) is 11.6 Å². The van der Waals surface area contributed by atoms with Crippen molar-refractivity contribution in [3.8, 4) is 135 Å². The summed E-state index contributed by atoms with van der Waals surface area (Å²) in [5, 5.41) is 15.8. The van der Waals surface area contributed by atoms with E-state index in [1.165, 1.54) is 83.8 Å². The zero-order chi connectivity index (χ0) is 82.8. The van der Waals surface area contributed by atoms with E-state index in [0.29, 0.717) is 11.6 Å². The van der Waals surface area contributed by atoms with Crippen LogP contribution in [-0.4, -0.2) is 47.4 Å². The number of fused-ring (bicyclic) bond motifs is 19. The fraction of sp³-hybridized carbons (Fsp3) is 0.0265. The third kappa shape index (κ3) is 12.7. The molecule has 0 radical (unpaired) electrons. The molecule has 18 aromatic carbocycles. The summed E-state index contributed by atoms with van der Waals surface area (Å²) in [5.74, 6) is 1.37. The average molecular weight is 1630 g/mol. The SMILES string of the molecule is CC1(C)c2ccccc2-c2ccc(-c3ccc(-c4cc(-c5cccc(-c6ccc7c(c6)nc(-c6ccccc6)c6ccc8nsnc8c67)c5)nc(-c5ccccc5)n4)cc3)cc21.c1ccc(-c2nc3cc(-c4cccc(-c5cc(-c6cc7ccccc7c7ccccc67)nc(-c6cc7ccccc7c7ccccc67)n5)c4)ccc3c3c2ccc2nsnc23)cc1. The van der Waals surface area contributed by atoms with E-state index < -0.39 is 0 Å². The van der Waals surface area contributed by atoms with Gasteiger partial charge in [-0.15, -0.1) is 0 Å². The highest BCUT2D eigenvalue weighted by Gasteiger charge is 2.35. The fourth-order valence-corrected chi connectivity index (χ4v) is 20.0. The molecule has 24 aromatic rings. The molecule has 6 heterocycles. The molecule has 584 valence electrons. The summed E-state index contributed by atoms with van der Waals surface area (Å²) >= 11 is 2.49. The van der Waals surface area contributed by atoms with Crippen LogP contribution < -0.4 is 0 Å². The first-order valence-electron chi connectivity index (χ1n) is 42.0. The maximum atomic E-state index is 5.48. The Morgan fingerprint density at radius 2 is 0.592 bits per heavy atom. The molecule has 10 nitrogen and oxygen atoms in total. The molecule has 0 spiro atoms. The number of hydrogen-bond donors (Lipinski definition) is 0. The molecule has 0 saturated heterocycles. The molecule has 0 saturated carbocycles. The van der Waals surface area contributed by atoms with Crippen LogP contribution in [0.1, 0.15) is 25.0 Å². The summed E-state index contributed by atoms with van der Waals surface area (Å²) in [4.78, 5) is 31.9. The van der Waals surface area contributed by atoms with Gasteiger partial charge in [-0.05, 0) is 178 Å². The van der Waals surface area contributed by atoms with Crippen molar-refractivity contribution in [2.75, 3.05) is 0 Å². The molecule has 12 heteroatoms. The quantitative estimate of drug-likeness (QED) is 0.115. The summed E-state index contributed by atoms with van der Waals surface area (Å²) in [5.41, 5.74) is 31.0. The van der Waals surface area contributed by atoms with Gasteiger partial charge >= 0.3 is 0 Å². The maximum Gasteiger partial charge on any atom is 0.161 e. The number of benzene rings is 18. The molecular weight excluding hydrogens is 1560 g/mol. The number of rotatable bonds is 11. The van der Waals surface area contributed by atoms with Gasteiger partial charge in [-0.1, -0.05) is 323 Å². The van der Waals surface area contributed by atoms with Crippen molar-refractivity contribution in [1.82, 2.24) is 47.4 Å². The topological polar surface area (TPSA) is 129 Å². The Bertz CT molecular complexity index is 8390. The van der Waals surface area contributed by atoms with Crippen molar-refractivity contribution < 1.29 is 0 Å². The van der Waals surface area contributed by atoms with E-state index in [9.17, 15) is 0 Å². The largest absolute Gasteiger partial charge is 0.247 e. The highest BCUT2D eigenvalue weighted by atomic mass is 32.1. The van der Waals surface area contributed by atoms with Gasteiger partial charge in [-0.25, -0.2) is 29.9 Å². The average Bonchev–Trinajstić information content (AvgIpc) is 1.74. The van der Waals surface area contributed by atoms with Crippen molar-refractivity contribution in [2.24, 2.45) is 0 Å². The predicted octanol–water partition coefficient (Wildman–Crippen LogP) is 29.6. The first kappa shape index (κ1) is 73.1. The first-order chi connectivity index (χ1) is 61.7. The zero-order valence-corrected chi connectivity index (χ0v) is 69.4. The molecule has 0 atom stereocenters. The lowest BCUT2D eigenvalue weighted by Crippen LogP contribution is -2.14. The van der Waals surface area contributed by atoms with Crippen LogP contribution in [0.25, 0.3) is 243 Å². The normalized spacial score (nSPS) is 12.3. The minimum Gasteiger partial charge on any atom is -0.247 e. The monoisotopic (exact) mass is 1630 g/mol. The Balaban J connectivity index is 0.000000140. The fourth-order valence-electron chi connectivity index (χ4n) is 18.9. The second-order valence-electron chi connectivity index (χ2n) is 32.7. The van der Waals surface area contributed by atoms with Crippen molar-refractivity contribution >= 4 is 132 Å². The molecule has 0 N–H and O–H groups in total. The van der Waals surface area contributed by atoms with Gasteiger partial charge in [0.2, 0.25) is 0 Å². The summed E-state index contributed by atoms with van der Waals surface area (Å²) in [6, 6.07) is 138. The van der Waals surface area contributed by atoms with E-state index in [0.717, 1.165) is 183 Å². The molecular formula is C113H70N10S2. The molecule has 125 heavy (non-hydrogen) atoms. The van der Waals surface area contributed by atoms with E-state index in [1.54, 1.807) is 0 Å². The Labute approximate surface area is 727 Å². The third-order valence-electron chi connectivity index (χ3n) is 25.1. The molecule has 0 unspecified atom stereocenters. The van der Waals surface area contributed by atoms with Gasteiger partial charge in [0.1, 0.15) is 22.1 Å². The van der Waals surface area contributed by atoms with Crippen LogP contribution in [0.5, 0.6) is 0 Å². The Hall–Kier alpha value is -15.9. The third-order valence-corrected chi connectivity index (χ3v) is 26.2. The Morgan fingerprint density at radius 3 is 1.16 bits per heavy atom. The zero-order valence-electron chi connectivity index (χ0n) is 67.7. The lowest BCUT2D eigenvalue weighted by Gasteiger charge is -2.22. The second kappa shape index (κ2) is 29.8. The van der Waals surface area contributed by atoms with E-state index >= 15 is 0 Å². The van der Waals surface area contributed by atoms with Crippen molar-refractivity contribution in [3.63, 3.8) is 0 Å². The summed E-state index contributed by atoms with van der Waals surface area (Å²) in [7, 11) is 0. The van der Waals surface area contributed by atoms with Crippen LogP contribution >= 0.6 is 23.5 Å². The molecule has 0 bridgehead atoms. The van der Waals surface area contributed by atoms with Crippen LogP contribution in [0.15, 0.2) is 388 Å². The lowest BCUT2D eigenvalue weighted by molar-refractivity contribution is 0.660. The van der Waals surface area contributed by atoms with E-state index in [1.807, 2.05) is 36.4 Å². The lowest BCUT2D eigenvalue weighted by atomic mass is 9.81. The van der Waals surface area contributed by atoms with Crippen LogP contribution in [0.2, 0.25) is 0 Å². The number of aromatic nitrogens is 10. The second-order valence-corrected chi connectivity index (χ2v) is 33.8. The molecule has 1 aliphatic rings. The molecule has 0 amide bonds. The van der Waals surface area contributed by atoms with Crippen LogP contribution in [0.4, 0.5) is 0 Å². The Kier molecular flexibility index (Phi) is 17.4. The molecule has 25 rings (SSSR count). The summed E-state index contributed by atoms with van der Waals surface area (Å²) < 4.78 is 18.7. The maximum absolute atomic E-state index is 5.48. The minimum absolute atomic E-state index is 0.0525. The van der Waals surface area contributed by atoms with Crippen LogP contribution in [0, 0.1) is 0 Å². The minimum atomic E-state index is -0.0525. The highest BCUT2D eigenvalue weighted by Crippen LogP contribution is 2.51. The van der Waals surface area contributed by atoms with Gasteiger partial charge in [-0.2, -0.15) is 17.5 Å². The standard InChI is InChI=1S/C57H33N5S.C56H37N5S/c1-2-13-34(14-3-1)55-47-27-28-50-56(62-63-61-50)54(47)46-26-25-36(32-52(46)58-55)35-17-12-18-39(29-35)51-33-53(48-30-37-15-4-6-19-40(37)42-21-8-10-23-44(42)48)60-57(59-51)49-31-38-16-5-7-20-41(38)43-22-9-11-24-45(43)49;1-56(2)46-19-10-9-18-42(46)43-26-24-39(31-47(43)56)34-20-22-35(23-21-34)49-33-50(59-55(58-49)37-14-7-4-8-15-37)41-17-11-16-38(30-41)40-25-27-44-51(32-40)57-53(36-12-5-3-6-13-36)45-28-29-48-54(52(44)45)61-62-60-48/h1-33H;3-33H,1-2H3. The highest BCUT2D eigenvalue weighted by molar-refractivity contribution is 7.00. The van der Waals surface area contributed by atoms with E-state index in [-0.39, 0.29) is 5.41 Å². The molecule has 0 fully saturated rings. The smallest absolute Gasteiger partial charge is 0.161 e. The van der Waals surface area contributed by atoms with E-state index in [2.05, 4.69) is 374 Å². The van der Waals surface area contributed by atoms with Crippen LogP contribution in [-0.2, 0) is 5.41 Å². The van der Waals surface area contributed by atoms with Gasteiger partial charge in [-0.3, -0.25) is 0 Å². The van der Waals surface area contributed by atoms with Gasteiger partial charge in [0.25, 0.3) is 0 Å². The molecule has 6 aromatic heterocycles. The number of hydrogen-bond acceptors (Lipinski definition) is 12. The summed E-state index contributed by atoms with van der Waals surface area (Å²) in [6.07, 6.45) is 0. The summed E-state index contributed by atoms with van der Waals surface area (Å²) in [6.45, 7) is 4.66. The van der Waals surface area contributed by atoms with Gasteiger partial charge in [0.05, 0.1) is 68.7 Å². The first-order valence-corrected chi connectivity index (χ1v) is 43.4. The van der Waals surface area contributed by atoms with Crippen molar-refractivity contribution in [1.29, 1.82) is 0 Å². The Morgan fingerprint density at radius 1 is 0.200 bits per heavy atom. The molecule has 0 aliphatic heterocycles.